The van der Waals surface area contributed by atoms with Gasteiger partial charge in [0.2, 0.25) is 11.8 Å². The average Bonchev–Trinajstić information content (AvgIpc) is 3.70. The molecule has 1 aliphatic heterocycles. The van der Waals surface area contributed by atoms with Crippen molar-refractivity contribution in [3.05, 3.63) is 57.4 Å². The van der Waals surface area contributed by atoms with Crippen LogP contribution in [0.5, 0.6) is 0 Å². The number of nitrogens with one attached hydrogen (secondary N) is 3. The van der Waals surface area contributed by atoms with Gasteiger partial charge >= 0.3 is 0 Å². The van der Waals surface area contributed by atoms with Gasteiger partial charge in [0.05, 0.1) is 19.1 Å². The number of morpholine rings is 1. The van der Waals surface area contributed by atoms with Gasteiger partial charge in [-0.05, 0) is 70.2 Å². The zero-order chi connectivity index (χ0) is 28.4. The minimum absolute atomic E-state index is 0.0260. The molecule has 3 N–H and O–H groups in total. The minimum Gasteiger partial charge on any atom is -0.384 e. The number of carbonyl (C=O) groups is 2. The number of hydrogen-bond donors (Lipinski definition) is 3. The molecule has 0 bridgehead atoms. The Bertz CT molecular complexity index is 1160. The molecule has 1 saturated carbocycles. The number of aromatic nitrogens is 1. The highest BCUT2D eigenvalue weighted by Gasteiger charge is 2.26. The van der Waals surface area contributed by atoms with Gasteiger partial charge in [0.15, 0.2) is 0 Å². The first-order valence-corrected chi connectivity index (χ1v) is 13.2. The predicted molar refractivity (Wildman–Crippen MR) is 156 cm³/mol. The summed E-state index contributed by atoms with van der Waals surface area (Å²) >= 11 is 0. The third-order valence-corrected chi connectivity index (χ3v) is 6.81. The zero-order valence-corrected chi connectivity index (χ0v) is 24.1. The predicted octanol–water partition coefficient (Wildman–Crippen LogP) is 5.04. The van der Waals surface area contributed by atoms with Crippen molar-refractivity contribution in [2.24, 2.45) is 5.92 Å². The number of terminal acetylenes is 1. The number of aryl methyl sites for hydroxylation is 4. The number of anilines is 1. The molecule has 2 aromatic rings. The van der Waals surface area contributed by atoms with Crippen LogP contribution in [0.4, 0.5) is 5.69 Å². The van der Waals surface area contributed by atoms with Crippen molar-refractivity contribution < 1.29 is 14.3 Å². The lowest BCUT2D eigenvalue weighted by atomic mass is 10.0. The Morgan fingerprint density at radius 3 is 2.18 bits per heavy atom. The van der Waals surface area contributed by atoms with E-state index in [1.54, 1.807) is 0 Å². The monoisotopic (exact) mass is 520 g/mol. The van der Waals surface area contributed by atoms with E-state index in [0.29, 0.717) is 32.8 Å². The molecular formula is C31H44N4O3. The Hall–Kier alpha value is -3.50. The maximum Gasteiger partial charge on any atom is 0.227 e. The first-order valence-electron chi connectivity index (χ1n) is 13.2. The number of aromatic amines is 1. The van der Waals surface area contributed by atoms with Gasteiger partial charge in [-0.25, -0.2) is 0 Å². The van der Waals surface area contributed by atoms with Crippen molar-refractivity contribution in [1.82, 2.24) is 15.2 Å². The Labute approximate surface area is 228 Å². The first kappa shape index (κ1) is 30.7. The number of ether oxygens (including phenoxy) is 1. The maximum absolute atomic E-state index is 12.6. The van der Waals surface area contributed by atoms with Crippen LogP contribution < -0.4 is 10.6 Å². The second-order valence-electron chi connectivity index (χ2n) is 10.1. The van der Waals surface area contributed by atoms with Crippen molar-refractivity contribution >= 4 is 23.2 Å². The van der Waals surface area contributed by atoms with E-state index in [9.17, 15) is 9.59 Å². The summed E-state index contributed by atoms with van der Waals surface area (Å²) in [6.45, 7) is 17.4. The summed E-state index contributed by atoms with van der Waals surface area (Å²) < 4.78 is 5.33. The van der Waals surface area contributed by atoms with Gasteiger partial charge in [-0.3, -0.25) is 9.59 Å². The van der Waals surface area contributed by atoms with E-state index in [1.807, 2.05) is 43.9 Å². The van der Waals surface area contributed by atoms with Crippen LogP contribution in [0.1, 0.15) is 60.3 Å². The van der Waals surface area contributed by atoms with Crippen LogP contribution in [0.25, 0.3) is 5.70 Å². The molecule has 2 fully saturated rings. The van der Waals surface area contributed by atoms with Gasteiger partial charge in [-0.15, -0.1) is 12.8 Å². The van der Waals surface area contributed by atoms with E-state index >= 15 is 0 Å². The largest absolute Gasteiger partial charge is 0.384 e. The molecule has 1 aliphatic carbocycles. The molecule has 0 radical (unpaired) electrons. The molecule has 1 aromatic heterocycles. The molecule has 206 valence electrons. The molecule has 2 aliphatic rings. The van der Waals surface area contributed by atoms with E-state index in [-0.39, 0.29) is 17.7 Å². The lowest BCUT2D eigenvalue weighted by Crippen LogP contribution is -2.45. The van der Waals surface area contributed by atoms with E-state index in [4.69, 9.17) is 4.74 Å². The molecule has 2 amide bonds. The SMILES string of the molecule is C#C.CC(=O)Nc1ccc(C)cc1C.Cc1[nH]c(C)c(C(NCC(C)C(=O)N2CCOCC2)=C2CC2)c1C. The fourth-order valence-corrected chi connectivity index (χ4v) is 4.57. The number of hydrogen-bond acceptors (Lipinski definition) is 4. The van der Waals surface area contributed by atoms with E-state index in [2.05, 4.69) is 49.2 Å². The second kappa shape index (κ2) is 14.4. The number of nitrogens with zero attached hydrogens (tertiary/aromatic N) is 1. The lowest BCUT2D eigenvalue weighted by molar-refractivity contribution is -0.138. The molecule has 7 heteroatoms. The van der Waals surface area contributed by atoms with Crippen molar-refractivity contribution in [3.8, 4) is 12.8 Å². The summed E-state index contributed by atoms with van der Waals surface area (Å²) in [6.07, 6.45) is 10.3. The van der Waals surface area contributed by atoms with E-state index in [0.717, 1.165) is 24.1 Å². The molecular weight excluding hydrogens is 476 g/mol. The summed E-state index contributed by atoms with van der Waals surface area (Å²) in [7, 11) is 0. The minimum atomic E-state index is -0.0295. The molecule has 38 heavy (non-hydrogen) atoms. The van der Waals surface area contributed by atoms with Gasteiger partial charge in [0.25, 0.3) is 0 Å². The normalized spacial score (nSPS) is 14.8. The van der Waals surface area contributed by atoms with Crippen LogP contribution in [0.3, 0.4) is 0 Å². The molecule has 1 unspecified atom stereocenters. The third-order valence-electron chi connectivity index (χ3n) is 6.81. The highest BCUT2D eigenvalue weighted by atomic mass is 16.5. The van der Waals surface area contributed by atoms with E-state index in [1.165, 1.54) is 46.3 Å². The van der Waals surface area contributed by atoms with Crippen LogP contribution >= 0.6 is 0 Å². The summed E-state index contributed by atoms with van der Waals surface area (Å²) in [5.74, 6) is 0.171. The number of allylic oxidation sites excluding steroid dienone is 1. The van der Waals surface area contributed by atoms with Crippen LogP contribution in [-0.4, -0.2) is 54.5 Å². The number of amides is 2. The topological polar surface area (TPSA) is 86.5 Å². The van der Waals surface area contributed by atoms with Crippen molar-refractivity contribution in [1.29, 1.82) is 0 Å². The average molecular weight is 521 g/mol. The molecule has 4 rings (SSSR count). The number of rotatable bonds is 6. The summed E-state index contributed by atoms with van der Waals surface area (Å²) in [5, 5.41) is 6.35. The Morgan fingerprint density at radius 1 is 1.05 bits per heavy atom. The number of H-pyrrole nitrogens is 1. The Kier molecular flexibility index (Phi) is 11.7. The highest BCUT2D eigenvalue weighted by molar-refractivity contribution is 5.89. The first-order chi connectivity index (χ1) is 18.1. The van der Waals surface area contributed by atoms with Crippen LogP contribution in [0.15, 0.2) is 23.8 Å². The van der Waals surface area contributed by atoms with Gasteiger partial charge in [-0.2, -0.15) is 0 Å². The molecule has 1 saturated heterocycles. The van der Waals surface area contributed by atoms with Crippen LogP contribution in [0, 0.1) is 53.4 Å². The Balaban J connectivity index is 0.000000305. The smallest absolute Gasteiger partial charge is 0.227 e. The lowest BCUT2D eigenvalue weighted by Gasteiger charge is -2.29. The highest BCUT2D eigenvalue weighted by Crippen LogP contribution is 2.37. The molecule has 1 atom stereocenters. The maximum atomic E-state index is 12.6. The zero-order valence-electron chi connectivity index (χ0n) is 24.1. The van der Waals surface area contributed by atoms with E-state index < -0.39 is 0 Å². The van der Waals surface area contributed by atoms with Gasteiger partial charge in [0.1, 0.15) is 0 Å². The molecule has 7 nitrogen and oxygen atoms in total. The Morgan fingerprint density at radius 2 is 1.68 bits per heavy atom. The van der Waals surface area contributed by atoms with Crippen LogP contribution in [0.2, 0.25) is 0 Å². The number of benzene rings is 1. The standard InChI is InChI=1S/C19H29N3O2.C10H13NO.C2H2/c1-12(19(23)22-7-9-24-10-8-22)11-20-18(16-5-6-16)17-13(2)14(3)21-15(17)4;1-7-4-5-10(8(2)6-7)11-9(3)12;1-2/h12,20-21H,5-11H2,1-4H3;4-6H,1-3H3,(H,11,12);1-2H. The van der Waals surface area contributed by atoms with Crippen molar-refractivity contribution in [3.63, 3.8) is 0 Å². The molecule has 0 spiro atoms. The summed E-state index contributed by atoms with van der Waals surface area (Å²) in [5.41, 5.74) is 11.0. The van der Waals surface area contributed by atoms with Gasteiger partial charge in [-0.1, -0.05) is 24.6 Å². The summed E-state index contributed by atoms with van der Waals surface area (Å²) in [4.78, 5) is 28.7. The molecule has 2 heterocycles. The number of carbonyl (C=O) groups excluding carboxylic acids is 2. The fourth-order valence-electron chi connectivity index (χ4n) is 4.57. The second-order valence-corrected chi connectivity index (χ2v) is 10.1. The van der Waals surface area contributed by atoms with Crippen molar-refractivity contribution in [2.45, 2.75) is 61.3 Å². The molecule has 1 aromatic carbocycles. The van der Waals surface area contributed by atoms with Crippen LogP contribution in [-0.2, 0) is 14.3 Å². The van der Waals surface area contributed by atoms with Crippen molar-refractivity contribution in [2.75, 3.05) is 38.2 Å². The summed E-state index contributed by atoms with van der Waals surface area (Å²) in [6, 6.07) is 5.95. The quantitative estimate of drug-likeness (QED) is 0.466. The fraction of sp³-hybridized carbons (Fsp3) is 0.484. The van der Waals surface area contributed by atoms with Gasteiger partial charge in [0, 0.05) is 54.9 Å². The van der Waals surface area contributed by atoms with Gasteiger partial charge < -0.3 is 25.3 Å². The third kappa shape index (κ3) is 8.53.